The highest BCUT2D eigenvalue weighted by atomic mass is 19.4. The van der Waals surface area contributed by atoms with E-state index in [0.29, 0.717) is 25.1 Å². The maximum absolute atomic E-state index is 13.7. The van der Waals surface area contributed by atoms with Crippen LogP contribution >= 0.6 is 0 Å². The van der Waals surface area contributed by atoms with Gasteiger partial charge in [-0.15, -0.1) is 0 Å². The Morgan fingerprint density at radius 1 is 1.05 bits per heavy atom. The zero-order valence-electron chi connectivity index (χ0n) is 23.0. The minimum Gasteiger partial charge on any atom is -0.490 e. The molecule has 0 bridgehead atoms. The molecule has 1 amide bonds. The zero-order chi connectivity index (χ0) is 28.7. The van der Waals surface area contributed by atoms with Gasteiger partial charge in [0.15, 0.2) is 0 Å². The van der Waals surface area contributed by atoms with Gasteiger partial charge in [-0.3, -0.25) is 0 Å². The van der Waals surface area contributed by atoms with Crippen molar-refractivity contribution in [1.29, 1.82) is 0 Å². The molecule has 7 nitrogen and oxygen atoms in total. The SMILES string of the molecule is CC(C)Oc1ccc(-c2nc(-c3ccc4c(c3)CCN(C(=O)O)CC4(C(C)C)C(C)C)no2)cc1C(F)(F)F. The lowest BCUT2D eigenvalue weighted by Gasteiger charge is -2.44. The lowest BCUT2D eigenvalue weighted by atomic mass is 9.63. The number of aromatic nitrogens is 2. The second-order valence-corrected chi connectivity index (χ2v) is 11.0. The molecule has 210 valence electrons. The van der Waals surface area contributed by atoms with Crippen LogP contribution in [0.1, 0.15) is 58.2 Å². The second-order valence-electron chi connectivity index (χ2n) is 11.0. The molecule has 4 rings (SSSR count). The third kappa shape index (κ3) is 5.46. The number of hydrogen-bond acceptors (Lipinski definition) is 5. The zero-order valence-corrected chi connectivity index (χ0v) is 23.0. The number of halogens is 3. The molecule has 3 aromatic rings. The highest BCUT2D eigenvalue weighted by Crippen LogP contribution is 2.45. The van der Waals surface area contributed by atoms with E-state index in [-0.39, 0.29) is 40.3 Å². The summed E-state index contributed by atoms with van der Waals surface area (Å²) in [6.07, 6.45) is -5.47. The van der Waals surface area contributed by atoms with E-state index in [0.717, 1.165) is 17.2 Å². The van der Waals surface area contributed by atoms with Gasteiger partial charge in [-0.1, -0.05) is 45.0 Å². The van der Waals surface area contributed by atoms with Crippen molar-refractivity contribution in [3.63, 3.8) is 0 Å². The van der Waals surface area contributed by atoms with Gasteiger partial charge in [-0.2, -0.15) is 18.2 Å². The van der Waals surface area contributed by atoms with Crippen LogP contribution in [0.25, 0.3) is 22.8 Å². The summed E-state index contributed by atoms with van der Waals surface area (Å²) in [4.78, 5) is 17.9. The van der Waals surface area contributed by atoms with E-state index in [1.54, 1.807) is 13.8 Å². The minimum atomic E-state index is -4.62. The summed E-state index contributed by atoms with van der Waals surface area (Å²) >= 11 is 0. The minimum absolute atomic E-state index is 0.0442. The molecule has 1 aromatic heterocycles. The van der Waals surface area contributed by atoms with Crippen LogP contribution in [-0.4, -0.2) is 45.4 Å². The van der Waals surface area contributed by atoms with Crippen molar-refractivity contribution in [2.24, 2.45) is 11.8 Å². The van der Waals surface area contributed by atoms with Gasteiger partial charge in [0.1, 0.15) is 5.75 Å². The fourth-order valence-corrected chi connectivity index (χ4v) is 5.65. The third-order valence-corrected chi connectivity index (χ3v) is 7.62. The first-order chi connectivity index (χ1) is 18.2. The van der Waals surface area contributed by atoms with Gasteiger partial charge in [0, 0.05) is 29.6 Å². The van der Waals surface area contributed by atoms with Gasteiger partial charge >= 0.3 is 12.3 Å². The van der Waals surface area contributed by atoms with E-state index in [1.165, 1.54) is 17.0 Å². The quantitative estimate of drug-likeness (QED) is 0.350. The van der Waals surface area contributed by atoms with Crippen LogP contribution in [-0.2, 0) is 18.0 Å². The maximum Gasteiger partial charge on any atom is 0.419 e. The number of amides is 1. The summed E-state index contributed by atoms with van der Waals surface area (Å²) in [7, 11) is 0. The number of hydrogen-bond donors (Lipinski definition) is 1. The summed E-state index contributed by atoms with van der Waals surface area (Å²) in [6, 6.07) is 9.48. The molecule has 0 atom stereocenters. The Labute approximate surface area is 226 Å². The second kappa shape index (κ2) is 10.5. The van der Waals surface area contributed by atoms with Crippen LogP contribution in [0.5, 0.6) is 5.75 Å². The molecule has 0 spiro atoms. The van der Waals surface area contributed by atoms with Crippen LogP contribution in [0, 0.1) is 11.8 Å². The van der Waals surface area contributed by atoms with E-state index in [9.17, 15) is 23.1 Å². The molecule has 0 saturated carbocycles. The topological polar surface area (TPSA) is 88.7 Å². The number of carboxylic acid groups (broad SMARTS) is 1. The number of fused-ring (bicyclic) bond motifs is 1. The van der Waals surface area contributed by atoms with Crippen molar-refractivity contribution in [3.8, 4) is 28.6 Å². The Morgan fingerprint density at radius 2 is 1.72 bits per heavy atom. The largest absolute Gasteiger partial charge is 0.490 e. The first-order valence-electron chi connectivity index (χ1n) is 13.1. The van der Waals surface area contributed by atoms with E-state index in [4.69, 9.17) is 9.26 Å². The molecular formula is C29H34F3N3O4. The van der Waals surface area contributed by atoms with E-state index in [2.05, 4.69) is 37.8 Å². The smallest absolute Gasteiger partial charge is 0.419 e. The highest BCUT2D eigenvalue weighted by molar-refractivity contribution is 5.67. The van der Waals surface area contributed by atoms with Crippen LogP contribution < -0.4 is 4.74 Å². The summed E-state index contributed by atoms with van der Waals surface area (Å²) in [5.74, 6) is 0.273. The van der Waals surface area contributed by atoms with Gasteiger partial charge in [-0.05, 0) is 67.5 Å². The molecule has 2 heterocycles. The number of carbonyl (C=O) groups is 1. The summed E-state index contributed by atoms with van der Waals surface area (Å²) in [5.41, 5.74) is 1.56. The Bertz CT molecular complexity index is 1340. The average molecular weight is 546 g/mol. The number of nitrogens with zero attached hydrogens (tertiary/aromatic N) is 3. The Morgan fingerprint density at radius 3 is 2.31 bits per heavy atom. The first-order valence-corrected chi connectivity index (χ1v) is 13.1. The standard InChI is InChI=1S/C29H34F3N3O4/c1-16(2)28(17(3)4)15-35(27(36)37)12-11-19-13-20(7-9-22(19)28)25-33-26(39-34-25)21-8-10-24(38-18(5)6)23(14-21)29(30,31)32/h7-10,13-14,16-18H,11-12,15H2,1-6H3,(H,36,37). The van der Waals surface area contributed by atoms with Crippen molar-refractivity contribution in [2.45, 2.75) is 65.7 Å². The molecule has 39 heavy (non-hydrogen) atoms. The van der Waals surface area contributed by atoms with Crippen molar-refractivity contribution in [3.05, 3.63) is 53.1 Å². The average Bonchev–Trinajstić information content (AvgIpc) is 3.26. The fraction of sp³-hybridized carbons (Fsp3) is 0.483. The highest BCUT2D eigenvalue weighted by Gasteiger charge is 2.44. The maximum atomic E-state index is 13.7. The summed E-state index contributed by atoms with van der Waals surface area (Å²) in [6.45, 7) is 12.5. The number of ether oxygens (including phenoxy) is 1. The monoisotopic (exact) mass is 545 g/mol. The summed E-state index contributed by atoms with van der Waals surface area (Å²) in [5, 5.41) is 13.9. The Kier molecular flexibility index (Phi) is 7.69. The van der Waals surface area contributed by atoms with Gasteiger partial charge in [-0.25, -0.2) is 4.79 Å². The first kappa shape index (κ1) is 28.4. The van der Waals surface area contributed by atoms with Crippen molar-refractivity contribution < 1.29 is 32.3 Å². The summed E-state index contributed by atoms with van der Waals surface area (Å²) < 4.78 is 51.9. The Balaban J connectivity index is 1.74. The van der Waals surface area contributed by atoms with Crippen molar-refractivity contribution >= 4 is 6.09 Å². The lowest BCUT2D eigenvalue weighted by Crippen LogP contribution is -2.48. The molecule has 0 radical (unpaired) electrons. The third-order valence-electron chi connectivity index (χ3n) is 7.62. The molecule has 0 saturated heterocycles. The van der Waals surface area contributed by atoms with Crippen molar-refractivity contribution in [1.82, 2.24) is 15.0 Å². The predicted molar refractivity (Wildman–Crippen MR) is 141 cm³/mol. The van der Waals surface area contributed by atoms with E-state index >= 15 is 0 Å². The Hall–Kier alpha value is -3.56. The number of rotatable bonds is 6. The van der Waals surface area contributed by atoms with Crippen LogP contribution in [0.4, 0.5) is 18.0 Å². The molecule has 10 heteroatoms. The van der Waals surface area contributed by atoms with Gasteiger partial charge in [0.05, 0.1) is 11.7 Å². The molecule has 1 aliphatic heterocycles. The van der Waals surface area contributed by atoms with Gasteiger partial charge < -0.3 is 19.3 Å². The number of alkyl halides is 3. The van der Waals surface area contributed by atoms with E-state index < -0.39 is 23.9 Å². The van der Waals surface area contributed by atoms with Crippen molar-refractivity contribution in [2.75, 3.05) is 13.1 Å². The van der Waals surface area contributed by atoms with Crippen LogP contribution in [0.2, 0.25) is 0 Å². The molecule has 0 aliphatic carbocycles. The van der Waals surface area contributed by atoms with Crippen LogP contribution in [0.3, 0.4) is 0 Å². The van der Waals surface area contributed by atoms with E-state index in [1.807, 2.05) is 18.2 Å². The number of benzene rings is 2. The molecule has 0 fully saturated rings. The lowest BCUT2D eigenvalue weighted by molar-refractivity contribution is -0.139. The molecule has 1 aliphatic rings. The normalized spacial score (nSPS) is 15.5. The molecule has 1 N–H and O–H groups in total. The fourth-order valence-electron chi connectivity index (χ4n) is 5.65. The van der Waals surface area contributed by atoms with Gasteiger partial charge in [0.25, 0.3) is 5.89 Å². The molecule has 2 aromatic carbocycles. The molecule has 0 unspecified atom stereocenters. The van der Waals surface area contributed by atoms with Gasteiger partial charge in [0.2, 0.25) is 5.82 Å². The van der Waals surface area contributed by atoms with Crippen LogP contribution in [0.15, 0.2) is 40.9 Å². The molecular weight excluding hydrogens is 511 g/mol. The predicted octanol–water partition coefficient (Wildman–Crippen LogP) is 7.30.